The van der Waals surface area contributed by atoms with Crippen LogP contribution in [-0.4, -0.2) is 9.85 Å². The molecule has 2 atom stereocenters. The Morgan fingerprint density at radius 1 is 0.955 bits per heavy atom. The fraction of sp³-hybridized carbons (Fsp3) is 0.200. The van der Waals surface area contributed by atoms with Crippen LogP contribution in [0.15, 0.2) is 36.4 Å². The first-order chi connectivity index (χ1) is 10.5. The number of hydrogen-bond donors (Lipinski definition) is 1. The highest BCUT2D eigenvalue weighted by Gasteiger charge is 2.40. The molecule has 0 amide bonds. The van der Waals surface area contributed by atoms with Crippen molar-refractivity contribution in [1.82, 2.24) is 0 Å². The number of nitrogens with one attached hydrogen (secondary N) is 1. The molecule has 0 spiro atoms. The van der Waals surface area contributed by atoms with Crippen molar-refractivity contribution in [2.24, 2.45) is 0 Å². The van der Waals surface area contributed by atoms with Gasteiger partial charge in [-0.3, -0.25) is 20.2 Å². The molecule has 0 radical (unpaired) electrons. The molecule has 1 heterocycles. The minimum Gasteiger partial charge on any atom is -0.377 e. The van der Waals surface area contributed by atoms with E-state index in [1.165, 1.54) is 18.2 Å². The van der Waals surface area contributed by atoms with E-state index in [9.17, 15) is 20.2 Å². The average Bonchev–Trinajstić information content (AvgIpc) is 3.01. The fourth-order valence-electron chi connectivity index (χ4n) is 3.48. The van der Waals surface area contributed by atoms with E-state index in [0.717, 1.165) is 28.8 Å². The van der Waals surface area contributed by atoms with Gasteiger partial charge in [-0.05, 0) is 29.2 Å². The van der Waals surface area contributed by atoms with E-state index < -0.39 is 9.85 Å². The summed E-state index contributed by atoms with van der Waals surface area (Å²) in [5.41, 5.74) is 3.92. The molecule has 0 saturated carbocycles. The molecular formula is C15H11N3O4. The molecule has 2 aliphatic rings. The third-order valence-electron chi connectivity index (χ3n) is 4.48. The molecule has 0 unspecified atom stereocenters. The summed E-state index contributed by atoms with van der Waals surface area (Å²) in [5, 5.41) is 25.1. The zero-order valence-electron chi connectivity index (χ0n) is 11.4. The van der Waals surface area contributed by atoms with Gasteiger partial charge in [0.2, 0.25) is 0 Å². The summed E-state index contributed by atoms with van der Waals surface area (Å²) in [5.74, 6) is 0.174. The van der Waals surface area contributed by atoms with Gasteiger partial charge in [0.1, 0.15) is 0 Å². The lowest BCUT2D eigenvalue weighted by Crippen LogP contribution is -2.05. The number of benzene rings is 2. The minimum absolute atomic E-state index is 0.0467. The van der Waals surface area contributed by atoms with Gasteiger partial charge in [-0.1, -0.05) is 6.07 Å². The number of hydrogen-bond acceptors (Lipinski definition) is 5. The molecule has 1 N–H and O–H groups in total. The van der Waals surface area contributed by atoms with Gasteiger partial charge in [0.25, 0.3) is 11.4 Å². The maximum atomic E-state index is 10.9. The summed E-state index contributed by atoms with van der Waals surface area (Å²) in [6.07, 6.45) is 0.788. The second-order valence-corrected chi connectivity index (χ2v) is 5.60. The molecule has 2 aromatic carbocycles. The van der Waals surface area contributed by atoms with Crippen molar-refractivity contribution in [1.29, 1.82) is 0 Å². The van der Waals surface area contributed by atoms with Crippen molar-refractivity contribution in [3.63, 3.8) is 0 Å². The van der Waals surface area contributed by atoms with Crippen LogP contribution in [0.25, 0.3) is 0 Å². The lowest BCUT2D eigenvalue weighted by molar-refractivity contribution is -0.385. The Balaban J connectivity index is 1.75. The average molecular weight is 297 g/mol. The van der Waals surface area contributed by atoms with Crippen LogP contribution in [0.4, 0.5) is 17.1 Å². The third kappa shape index (κ3) is 1.68. The summed E-state index contributed by atoms with van der Waals surface area (Å²) in [6.45, 7) is 0. The number of fused-ring (bicyclic) bond motifs is 5. The Hall–Kier alpha value is -2.96. The summed E-state index contributed by atoms with van der Waals surface area (Å²) in [7, 11) is 0. The number of anilines is 1. The van der Waals surface area contributed by atoms with Crippen LogP contribution in [0, 0.1) is 20.2 Å². The van der Waals surface area contributed by atoms with Gasteiger partial charge in [0.15, 0.2) is 0 Å². The first kappa shape index (κ1) is 12.8. The number of nitrogens with zero attached hydrogens (tertiary/aromatic N) is 2. The maximum absolute atomic E-state index is 10.9. The van der Waals surface area contributed by atoms with Crippen LogP contribution in [0.1, 0.15) is 28.7 Å². The van der Waals surface area contributed by atoms with Crippen molar-refractivity contribution >= 4 is 17.1 Å². The largest absolute Gasteiger partial charge is 0.377 e. The molecule has 2 aromatic rings. The molecule has 7 nitrogen and oxygen atoms in total. The Bertz CT molecular complexity index is 834. The van der Waals surface area contributed by atoms with E-state index >= 15 is 0 Å². The highest BCUT2D eigenvalue weighted by molar-refractivity contribution is 5.67. The molecule has 4 rings (SSSR count). The molecule has 0 fully saturated rings. The molecular weight excluding hydrogens is 286 g/mol. The van der Waals surface area contributed by atoms with Gasteiger partial charge in [-0.15, -0.1) is 0 Å². The normalized spacial score (nSPS) is 20.7. The summed E-state index contributed by atoms with van der Waals surface area (Å²) in [4.78, 5) is 21.0. The maximum Gasteiger partial charge on any atom is 0.271 e. The van der Waals surface area contributed by atoms with Crippen LogP contribution in [0.5, 0.6) is 0 Å². The number of nitro groups is 2. The predicted molar refractivity (Wildman–Crippen MR) is 79.0 cm³/mol. The molecule has 1 aliphatic carbocycles. The van der Waals surface area contributed by atoms with E-state index in [1.54, 1.807) is 18.2 Å². The highest BCUT2D eigenvalue weighted by Crippen LogP contribution is 2.52. The van der Waals surface area contributed by atoms with Crippen molar-refractivity contribution in [2.75, 3.05) is 5.32 Å². The molecule has 7 heteroatoms. The number of nitro benzene ring substituents is 2. The van der Waals surface area contributed by atoms with Crippen LogP contribution in [-0.2, 0) is 6.42 Å². The van der Waals surface area contributed by atoms with Gasteiger partial charge in [0.05, 0.1) is 15.9 Å². The SMILES string of the molecule is O=[N+]([O-])c1ccc2c(c1)N[C@@H]1c3cc([N+](=O)[O-])ccc3C[C@@H]21. The molecule has 22 heavy (non-hydrogen) atoms. The molecule has 0 aromatic heterocycles. The van der Waals surface area contributed by atoms with Crippen molar-refractivity contribution in [3.8, 4) is 0 Å². The van der Waals surface area contributed by atoms with E-state index in [4.69, 9.17) is 0 Å². The Kier molecular flexibility index (Phi) is 2.47. The first-order valence-corrected chi connectivity index (χ1v) is 6.86. The van der Waals surface area contributed by atoms with E-state index in [2.05, 4.69) is 5.32 Å². The molecule has 0 bridgehead atoms. The van der Waals surface area contributed by atoms with Crippen LogP contribution < -0.4 is 5.32 Å². The zero-order chi connectivity index (χ0) is 15.4. The topological polar surface area (TPSA) is 98.3 Å². The molecule has 1 aliphatic heterocycles. The summed E-state index contributed by atoms with van der Waals surface area (Å²) < 4.78 is 0. The Morgan fingerprint density at radius 3 is 2.36 bits per heavy atom. The monoisotopic (exact) mass is 297 g/mol. The standard InChI is InChI=1S/C15H11N3O4/c19-17(20)9-2-1-8-5-13-11-4-3-10(18(21)22)7-14(11)16-15(13)12(8)6-9/h1-4,6-7,13,15-16H,5H2/t13-,15+/m0/s1. The van der Waals surface area contributed by atoms with Crippen LogP contribution in [0.2, 0.25) is 0 Å². The van der Waals surface area contributed by atoms with E-state index in [-0.39, 0.29) is 23.3 Å². The second kappa shape index (κ2) is 4.27. The Labute approximate surface area is 124 Å². The summed E-state index contributed by atoms with van der Waals surface area (Å²) in [6, 6.07) is 9.71. The number of non-ortho nitro benzene ring substituents is 2. The van der Waals surface area contributed by atoms with Crippen LogP contribution in [0.3, 0.4) is 0 Å². The van der Waals surface area contributed by atoms with Crippen molar-refractivity contribution in [3.05, 3.63) is 73.3 Å². The van der Waals surface area contributed by atoms with Gasteiger partial charge >= 0.3 is 0 Å². The fourth-order valence-corrected chi connectivity index (χ4v) is 3.48. The lowest BCUT2D eigenvalue weighted by Gasteiger charge is -2.11. The Morgan fingerprint density at radius 2 is 1.64 bits per heavy atom. The third-order valence-corrected chi connectivity index (χ3v) is 4.48. The van der Waals surface area contributed by atoms with Gasteiger partial charge in [0, 0.05) is 35.9 Å². The van der Waals surface area contributed by atoms with E-state index in [1.807, 2.05) is 0 Å². The second-order valence-electron chi connectivity index (χ2n) is 5.60. The first-order valence-electron chi connectivity index (χ1n) is 6.86. The minimum atomic E-state index is -0.422. The van der Waals surface area contributed by atoms with Crippen molar-refractivity contribution < 1.29 is 9.85 Å². The number of rotatable bonds is 2. The summed E-state index contributed by atoms with van der Waals surface area (Å²) >= 11 is 0. The van der Waals surface area contributed by atoms with Crippen LogP contribution >= 0.6 is 0 Å². The van der Waals surface area contributed by atoms with E-state index in [0.29, 0.717) is 0 Å². The van der Waals surface area contributed by atoms with Gasteiger partial charge < -0.3 is 5.32 Å². The molecule has 0 saturated heterocycles. The molecule has 110 valence electrons. The van der Waals surface area contributed by atoms with Gasteiger partial charge in [-0.25, -0.2) is 0 Å². The zero-order valence-corrected chi connectivity index (χ0v) is 11.4. The smallest absolute Gasteiger partial charge is 0.271 e. The predicted octanol–water partition coefficient (Wildman–Crippen LogP) is 3.31. The lowest BCUT2D eigenvalue weighted by atomic mass is 9.96. The highest BCUT2D eigenvalue weighted by atomic mass is 16.6. The van der Waals surface area contributed by atoms with Gasteiger partial charge in [-0.2, -0.15) is 0 Å². The van der Waals surface area contributed by atoms with Crippen molar-refractivity contribution in [2.45, 2.75) is 18.4 Å². The quantitative estimate of drug-likeness (QED) is 0.677.